The molecule has 0 bridgehead atoms. The summed E-state index contributed by atoms with van der Waals surface area (Å²) >= 11 is 0. The molecular formula is C23H25N3O7. The van der Waals surface area contributed by atoms with E-state index < -0.39 is 22.5 Å². The van der Waals surface area contributed by atoms with Gasteiger partial charge < -0.3 is 19.7 Å². The van der Waals surface area contributed by atoms with E-state index in [1.807, 2.05) is 13.8 Å². The minimum atomic E-state index is -0.780. The van der Waals surface area contributed by atoms with Gasteiger partial charge in [0.05, 0.1) is 29.8 Å². The van der Waals surface area contributed by atoms with Gasteiger partial charge in [-0.3, -0.25) is 19.7 Å². The lowest BCUT2D eigenvalue weighted by Crippen LogP contribution is -2.48. The predicted octanol–water partition coefficient (Wildman–Crippen LogP) is 2.56. The third-order valence-corrected chi connectivity index (χ3v) is 5.17. The fourth-order valence-electron chi connectivity index (χ4n) is 3.66. The number of esters is 1. The van der Waals surface area contributed by atoms with Gasteiger partial charge in [-0.15, -0.1) is 0 Å². The lowest BCUT2D eigenvalue weighted by molar-refractivity contribution is -0.384. The van der Waals surface area contributed by atoms with Crippen molar-refractivity contribution in [1.82, 2.24) is 10.2 Å². The third-order valence-electron chi connectivity index (χ3n) is 5.17. The Kier molecular flexibility index (Phi) is 7.39. The van der Waals surface area contributed by atoms with E-state index in [0.717, 1.165) is 24.8 Å². The molecule has 0 aliphatic carbocycles. The Morgan fingerprint density at radius 3 is 2.24 bits per heavy atom. The summed E-state index contributed by atoms with van der Waals surface area (Å²) in [6.07, 6.45) is -0.0543. The van der Waals surface area contributed by atoms with Crippen LogP contribution in [0.25, 0.3) is 0 Å². The van der Waals surface area contributed by atoms with Crippen LogP contribution in [0.2, 0.25) is 0 Å². The van der Waals surface area contributed by atoms with Gasteiger partial charge in [-0.05, 0) is 37.6 Å². The van der Waals surface area contributed by atoms with Crippen LogP contribution >= 0.6 is 0 Å². The summed E-state index contributed by atoms with van der Waals surface area (Å²) in [4.78, 5) is 49.3. The van der Waals surface area contributed by atoms with Crippen LogP contribution in [0.3, 0.4) is 0 Å². The molecule has 10 nitrogen and oxygen atoms in total. The van der Waals surface area contributed by atoms with Gasteiger partial charge in [-0.1, -0.05) is 12.1 Å². The van der Waals surface area contributed by atoms with Crippen LogP contribution in [-0.4, -0.2) is 60.0 Å². The molecule has 0 spiro atoms. The number of hydrogen-bond acceptors (Lipinski definition) is 7. The van der Waals surface area contributed by atoms with Gasteiger partial charge in [-0.2, -0.15) is 0 Å². The number of nitro benzene ring substituents is 1. The SMILES string of the molecule is COC(=O)c1cc(C(=O)NCc2ccc(C(=O)N3CC(C)OC(C)C3)cc2)cc([N+](=O)[O-])c1. The number of morpholine rings is 1. The van der Waals surface area contributed by atoms with Gasteiger partial charge in [0.15, 0.2) is 0 Å². The van der Waals surface area contributed by atoms with E-state index in [-0.39, 0.29) is 35.8 Å². The lowest BCUT2D eigenvalue weighted by atomic mass is 10.1. The summed E-state index contributed by atoms with van der Waals surface area (Å²) in [5, 5.41) is 13.8. The minimum absolute atomic E-state index is 0.0271. The highest BCUT2D eigenvalue weighted by Gasteiger charge is 2.26. The van der Waals surface area contributed by atoms with Crippen molar-refractivity contribution < 1.29 is 28.8 Å². The van der Waals surface area contributed by atoms with Gasteiger partial charge in [-0.25, -0.2) is 4.79 Å². The first kappa shape index (κ1) is 23.9. The second-order valence-electron chi connectivity index (χ2n) is 7.86. The molecule has 0 saturated carbocycles. The van der Waals surface area contributed by atoms with Gasteiger partial charge in [0.2, 0.25) is 0 Å². The second-order valence-corrected chi connectivity index (χ2v) is 7.86. The van der Waals surface area contributed by atoms with Crippen molar-refractivity contribution in [2.45, 2.75) is 32.6 Å². The summed E-state index contributed by atoms with van der Waals surface area (Å²) in [6, 6.07) is 10.2. The van der Waals surface area contributed by atoms with Gasteiger partial charge >= 0.3 is 5.97 Å². The molecule has 1 aliphatic rings. The average molecular weight is 455 g/mol. The fourth-order valence-corrected chi connectivity index (χ4v) is 3.66. The molecule has 33 heavy (non-hydrogen) atoms. The number of carbonyl (C=O) groups is 3. The molecule has 1 fully saturated rings. The molecule has 2 unspecified atom stereocenters. The molecule has 1 N–H and O–H groups in total. The van der Waals surface area contributed by atoms with Crippen molar-refractivity contribution in [3.8, 4) is 0 Å². The number of hydrogen-bond donors (Lipinski definition) is 1. The maximum Gasteiger partial charge on any atom is 0.338 e. The Labute approximate surface area is 190 Å². The fraction of sp³-hybridized carbons (Fsp3) is 0.348. The highest BCUT2D eigenvalue weighted by atomic mass is 16.6. The second kappa shape index (κ2) is 10.2. The minimum Gasteiger partial charge on any atom is -0.465 e. The number of nitrogens with zero attached hydrogens (tertiary/aromatic N) is 2. The maximum absolute atomic E-state index is 12.8. The molecule has 0 radical (unpaired) electrons. The highest BCUT2D eigenvalue weighted by Crippen LogP contribution is 2.19. The number of ether oxygens (including phenoxy) is 2. The molecular weight excluding hydrogens is 430 g/mol. The van der Waals surface area contributed by atoms with Crippen molar-refractivity contribution in [3.05, 3.63) is 74.8 Å². The summed E-state index contributed by atoms with van der Waals surface area (Å²) in [6.45, 7) is 5.04. The topological polar surface area (TPSA) is 128 Å². The van der Waals surface area contributed by atoms with E-state index in [0.29, 0.717) is 18.7 Å². The quantitative estimate of drug-likeness (QED) is 0.403. The van der Waals surface area contributed by atoms with Gasteiger partial charge in [0.1, 0.15) is 0 Å². The van der Waals surface area contributed by atoms with E-state index >= 15 is 0 Å². The highest BCUT2D eigenvalue weighted by molar-refractivity contribution is 5.99. The summed E-state index contributed by atoms with van der Waals surface area (Å²) in [5.74, 6) is -1.45. The summed E-state index contributed by atoms with van der Waals surface area (Å²) < 4.78 is 10.3. The lowest BCUT2D eigenvalue weighted by Gasteiger charge is -2.35. The molecule has 2 amide bonds. The van der Waals surface area contributed by atoms with Crippen molar-refractivity contribution in [3.63, 3.8) is 0 Å². The number of methoxy groups -OCH3 is 1. The number of nitro groups is 1. The van der Waals surface area contributed by atoms with Crippen LogP contribution < -0.4 is 5.32 Å². The Morgan fingerprint density at radius 2 is 1.67 bits per heavy atom. The number of amides is 2. The molecule has 0 aromatic heterocycles. The molecule has 10 heteroatoms. The zero-order valence-electron chi connectivity index (χ0n) is 18.6. The molecule has 1 aliphatic heterocycles. The summed E-state index contributed by atoms with van der Waals surface area (Å²) in [7, 11) is 1.15. The number of nitrogens with one attached hydrogen (secondary N) is 1. The van der Waals surface area contributed by atoms with Gasteiger partial charge in [0, 0.05) is 42.9 Å². The van der Waals surface area contributed by atoms with Crippen molar-refractivity contribution in [2.24, 2.45) is 0 Å². The molecule has 1 heterocycles. The van der Waals surface area contributed by atoms with Gasteiger partial charge in [0.25, 0.3) is 17.5 Å². The molecule has 3 rings (SSSR count). The molecule has 2 aromatic carbocycles. The van der Waals surface area contributed by atoms with E-state index in [2.05, 4.69) is 10.1 Å². The largest absolute Gasteiger partial charge is 0.465 e. The Bertz CT molecular complexity index is 1060. The third kappa shape index (κ3) is 5.92. The van der Waals surface area contributed by atoms with Crippen LogP contribution in [0.1, 0.15) is 50.5 Å². The standard InChI is InChI=1S/C23H25N3O7/c1-14-12-25(13-15(2)33-14)22(28)17-6-4-16(5-7-17)11-24-21(27)18-8-19(23(29)32-3)10-20(9-18)26(30)31/h4-10,14-15H,11-13H2,1-3H3,(H,24,27). The first-order valence-corrected chi connectivity index (χ1v) is 10.4. The molecule has 2 aromatic rings. The van der Waals surface area contributed by atoms with Crippen molar-refractivity contribution in [1.29, 1.82) is 0 Å². The Hall–Kier alpha value is -3.79. The normalized spacial score (nSPS) is 17.8. The monoisotopic (exact) mass is 455 g/mol. The maximum atomic E-state index is 12.8. The van der Waals surface area contributed by atoms with E-state index in [9.17, 15) is 24.5 Å². The predicted molar refractivity (Wildman–Crippen MR) is 118 cm³/mol. The molecule has 174 valence electrons. The Morgan fingerprint density at radius 1 is 1.06 bits per heavy atom. The first-order chi connectivity index (χ1) is 15.7. The van der Waals surface area contributed by atoms with Crippen LogP contribution in [0.5, 0.6) is 0 Å². The number of benzene rings is 2. The van der Waals surface area contributed by atoms with Crippen LogP contribution in [0.15, 0.2) is 42.5 Å². The van der Waals surface area contributed by atoms with E-state index in [1.165, 1.54) is 6.07 Å². The molecule has 1 saturated heterocycles. The number of non-ortho nitro benzene ring substituents is 1. The van der Waals surface area contributed by atoms with E-state index in [1.54, 1.807) is 29.2 Å². The Balaban J connectivity index is 1.66. The zero-order valence-corrected chi connectivity index (χ0v) is 18.6. The first-order valence-electron chi connectivity index (χ1n) is 10.4. The summed E-state index contributed by atoms with van der Waals surface area (Å²) in [5.41, 5.74) is 0.756. The van der Waals surface area contributed by atoms with Crippen LogP contribution in [0.4, 0.5) is 5.69 Å². The smallest absolute Gasteiger partial charge is 0.338 e. The van der Waals surface area contributed by atoms with Crippen LogP contribution in [0, 0.1) is 10.1 Å². The van der Waals surface area contributed by atoms with Crippen molar-refractivity contribution >= 4 is 23.5 Å². The number of carbonyl (C=O) groups excluding carboxylic acids is 3. The van der Waals surface area contributed by atoms with Crippen LogP contribution in [-0.2, 0) is 16.0 Å². The zero-order chi connectivity index (χ0) is 24.1. The van der Waals surface area contributed by atoms with Crippen molar-refractivity contribution in [2.75, 3.05) is 20.2 Å². The number of rotatable bonds is 6. The van der Waals surface area contributed by atoms with E-state index in [4.69, 9.17) is 4.74 Å². The average Bonchev–Trinajstić information content (AvgIpc) is 2.80. The molecule has 2 atom stereocenters.